The molecule has 0 aliphatic carbocycles. The largest absolute Gasteiger partial charge is 0.490 e. The summed E-state index contributed by atoms with van der Waals surface area (Å²) in [6.45, 7) is 6.18. The summed E-state index contributed by atoms with van der Waals surface area (Å²) in [5.41, 5.74) is 4.27. The summed E-state index contributed by atoms with van der Waals surface area (Å²) in [5.74, 6) is 0.0531. The van der Waals surface area contributed by atoms with Crippen LogP contribution in [0.25, 0.3) is 0 Å². The van der Waals surface area contributed by atoms with E-state index in [2.05, 4.69) is 10.5 Å². The van der Waals surface area contributed by atoms with Crippen LogP contribution in [0.15, 0.2) is 41.5 Å². The predicted octanol–water partition coefficient (Wildman–Crippen LogP) is 4.67. The highest BCUT2D eigenvalue weighted by Gasteiger charge is 2.13. The first-order valence-corrected chi connectivity index (χ1v) is 8.54. The van der Waals surface area contributed by atoms with E-state index >= 15 is 0 Å². The van der Waals surface area contributed by atoms with Gasteiger partial charge in [-0.25, -0.2) is 4.79 Å². The van der Waals surface area contributed by atoms with Crippen molar-refractivity contribution in [1.29, 1.82) is 0 Å². The molecule has 0 amide bonds. The predicted molar refractivity (Wildman–Crippen MR) is 103 cm³/mol. The molecule has 7 heteroatoms. The Labute approximate surface area is 157 Å². The lowest BCUT2D eigenvalue weighted by Crippen LogP contribution is -2.08. The van der Waals surface area contributed by atoms with E-state index in [1.807, 2.05) is 20.8 Å². The SMILES string of the molecule is CCOc1cc(/C=N/Nc2cccc(C(=O)O)c2)cc(Cl)c1OC(C)C. The van der Waals surface area contributed by atoms with Gasteiger partial charge in [0.05, 0.1) is 35.2 Å². The molecule has 0 aromatic heterocycles. The Balaban J connectivity index is 2.19. The van der Waals surface area contributed by atoms with Crippen molar-refractivity contribution in [1.82, 2.24) is 0 Å². The number of carboxylic acid groups (broad SMARTS) is 1. The number of aromatic carboxylic acids is 1. The van der Waals surface area contributed by atoms with E-state index in [-0.39, 0.29) is 11.7 Å². The molecule has 0 atom stereocenters. The lowest BCUT2D eigenvalue weighted by molar-refractivity contribution is 0.0697. The van der Waals surface area contributed by atoms with Crippen molar-refractivity contribution in [2.24, 2.45) is 5.10 Å². The van der Waals surface area contributed by atoms with Crippen molar-refractivity contribution >= 4 is 29.5 Å². The topological polar surface area (TPSA) is 80.2 Å². The molecule has 0 saturated heterocycles. The van der Waals surface area contributed by atoms with Crippen molar-refractivity contribution in [3.05, 3.63) is 52.5 Å². The maximum Gasteiger partial charge on any atom is 0.335 e. The third-order valence-electron chi connectivity index (χ3n) is 3.20. The number of carboxylic acids is 1. The van der Waals surface area contributed by atoms with Crippen LogP contribution in [0.1, 0.15) is 36.7 Å². The molecule has 0 aliphatic rings. The van der Waals surface area contributed by atoms with Gasteiger partial charge in [-0.1, -0.05) is 17.7 Å². The second-order valence-electron chi connectivity index (χ2n) is 5.69. The smallest absolute Gasteiger partial charge is 0.335 e. The van der Waals surface area contributed by atoms with E-state index in [9.17, 15) is 4.79 Å². The van der Waals surface area contributed by atoms with E-state index in [4.69, 9.17) is 26.2 Å². The van der Waals surface area contributed by atoms with Gasteiger partial charge in [-0.2, -0.15) is 5.10 Å². The molecule has 0 unspecified atom stereocenters. The molecule has 6 nitrogen and oxygen atoms in total. The number of ether oxygens (including phenoxy) is 2. The minimum Gasteiger partial charge on any atom is -0.490 e. The first kappa shape index (κ1) is 19.6. The number of carbonyl (C=O) groups is 1. The summed E-state index contributed by atoms with van der Waals surface area (Å²) in [4.78, 5) is 11.0. The molecule has 2 N–H and O–H groups in total. The molecule has 0 radical (unpaired) electrons. The molecule has 0 bridgehead atoms. The van der Waals surface area contributed by atoms with Crippen LogP contribution >= 0.6 is 11.6 Å². The van der Waals surface area contributed by atoms with Gasteiger partial charge in [0.1, 0.15) is 0 Å². The summed E-state index contributed by atoms with van der Waals surface area (Å²) < 4.78 is 11.3. The van der Waals surface area contributed by atoms with Gasteiger partial charge in [0, 0.05) is 0 Å². The molecular formula is C19H21ClN2O4. The molecule has 2 rings (SSSR count). The zero-order chi connectivity index (χ0) is 19.1. The highest BCUT2D eigenvalue weighted by molar-refractivity contribution is 6.32. The van der Waals surface area contributed by atoms with Crippen molar-refractivity contribution in [2.75, 3.05) is 12.0 Å². The maximum atomic E-state index is 11.0. The van der Waals surface area contributed by atoms with Crippen molar-refractivity contribution in [3.8, 4) is 11.5 Å². The van der Waals surface area contributed by atoms with Gasteiger partial charge in [-0.15, -0.1) is 0 Å². The number of halogens is 1. The van der Waals surface area contributed by atoms with Crippen LogP contribution in [0.5, 0.6) is 11.5 Å². The molecule has 0 spiro atoms. The van der Waals surface area contributed by atoms with Crippen LogP contribution in [-0.2, 0) is 0 Å². The Hall–Kier alpha value is -2.73. The van der Waals surface area contributed by atoms with Crippen LogP contribution in [0.3, 0.4) is 0 Å². The van der Waals surface area contributed by atoms with E-state index in [1.165, 1.54) is 12.1 Å². The van der Waals surface area contributed by atoms with E-state index in [0.717, 1.165) is 5.56 Å². The van der Waals surface area contributed by atoms with Crippen molar-refractivity contribution in [2.45, 2.75) is 26.9 Å². The molecule has 0 fully saturated rings. The second kappa shape index (κ2) is 9.10. The molecule has 2 aromatic rings. The molecule has 26 heavy (non-hydrogen) atoms. The number of hydrogen-bond donors (Lipinski definition) is 2. The van der Waals surface area contributed by atoms with Crippen molar-refractivity contribution < 1.29 is 19.4 Å². The van der Waals surface area contributed by atoms with Gasteiger partial charge >= 0.3 is 5.97 Å². The van der Waals surface area contributed by atoms with E-state index < -0.39 is 5.97 Å². The minimum atomic E-state index is -0.994. The molecule has 2 aromatic carbocycles. The van der Waals surface area contributed by atoms with Crippen molar-refractivity contribution in [3.63, 3.8) is 0 Å². The molecule has 138 valence electrons. The van der Waals surface area contributed by atoms with Crippen LogP contribution in [0.4, 0.5) is 5.69 Å². The Bertz CT molecular complexity index is 806. The number of hydrazone groups is 1. The van der Waals surface area contributed by atoms with Crippen LogP contribution in [0.2, 0.25) is 5.02 Å². The van der Waals surface area contributed by atoms with Gasteiger partial charge in [0.2, 0.25) is 0 Å². The molecule has 0 saturated carbocycles. The number of benzene rings is 2. The third-order valence-corrected chi connectivity index (χ3v) is 3.48. The normalized spacial score (nSPS) is 11.0. The van der Waals surface area contributed by atoms with Gasteiger partial charge in [-0.05, 0) is 56.7 Å². The fourth-order valence-electron chi connectivity index (χ4n) is 2.18. The second-order valence-corrected chi connectivity index (χ2v) is 6.09. The number of nitrogens with one attached hydrogen (secondary N) is 1. The zero-order valence-corrected chi connectivity index (χ0v) is 15.6. The van der Waals surface area contributed by atoms with Gasteiger partial charge in [-0.3, -0.25) is 5.43 Å². The summed E-state index contributed by atoms with van der Waals surface area (Å²) >= 11 is 6.31. The van der Waals surface area contributed by atoms with Crippen LogP contribution in [0, 0.1) is 0 Å². The first-order chi connectivity index (χ1) is 12.4. The Morgan fingerprint density at radius 2 is 2.12 bits per heavy atom. The third kappa shape index (κ3) is 5.39. The average molecular weight is 377 g/mol. The Morgan fingerprint density at radius 1 is 1.35 bits per heavy atom. The van der Waals surface area contributed by atoms with Crippen LogP contribution < -0.4 is 14.9 Å². The maximum absolute atomic E-state index is 11.0. The Kier molecular flexibility index (Phi) is 6.86. The molecular weight excluding hydrogens is 356 g/mol. The molecule has 0 heterocycles. The first-order valence-electron chi connectivity index (χ1n) is 8.16. The quantitative estimate of drug-likeness (QED) is 0.517. The van der Waals surface area contributed by atoms with Gasteiger partial charge in [0.25, 0.3) is 0 Å². The minimum absolute atomic E-state index is 0.0330. The zero-order valence-electron chi connectivity index (χ0n) is 14.8. The number of rotatable bonds is 8. The van der Waals surface area contributed by atoms with E-state index in [0.29, 0.717) is 28.8 Å². The lowest BCUT2D eigenvalue weighted by atomic mass is 10.2. The fourth-order valence-corrected chi connectivity index (χ4v) is 2.44. The lowest BCUT2D eigenvalue weighted by Gasteiger charge is -2.16. The number of nitrogens with zero attached hydrogens (tertiary/aromatic N) is 1. The summed E-state index contributed by atoms with van der Waals surface area (Å²) in [5, 5.41) is 13.6. The van der Waals surface area contributed by atoms with Gasteiger partial charge in [0.15, 0.2) is 11.5 Å². The summed E-state index contributed by atoms with van der Waals surface area (Å²) in [6, 6.07) is 9.88. The summed E-state index contributed by atoms with van der Waals surface area (Å²) in [6.07, 6.45) is 1.54. The molecule has 0 aliphatic heterocycles. The number of anilines is 1. The highest BCUT2D eigenvalue weighted by Crippen LogP contribution is 2.37. The standard InChI is InChI=1S/C19H21ClN2O4/c1-4-25-17-9-13(8-16(20)18(17)26-12(2)3)11-21-22-15-7-5-6-14(10-15)19(23)24/h5-12,22H,4H2,1-3H3,(H,23,24)/b21-11+. The summed E-state index contributed by atoms with van der Waals surface area (Å²) in [7, 11) is 0. The Morgan fingerprint density at radius 3 is 2.77 bits per heavy atom. The fraction of sp³-hybridized carbons (Fsp3) is 0.263. The number of hydrogen-bond acceptors (Lipinski definition) is 5. The highest BCUT2D eigenvalue weighted by atomic mass is 35.5. The van der Waals surface area contributed by atoms with E-state index in [1.54, 1.807) is 30.5 Å². The van der Waals surface area contributed by atoms with Gasteiger partial charge < -0.3 is 14.6 Å². The van der Waals surface area contributed by atoms with Crippen LogP contribution in [-0.4, -0.2) is 30.0 Å². The monoisotopic (exact) mass is 376 g/mol. The average Bonchev–Trinajstić information content (AvgIpc) is 2.58.